The predicted octanol–water partition coefficient (Wildman–Crippen LogP) is 5.13. The van der Waals surface area contributed by atoms with Gasteiger partial charge in [0.25, 0.3) is 5.91 Å². The van der Waals surface area contributed by atoms with Gasteiger partial charge in [-0.15, -0.1) is 0 Å². The van der Waals surface area contributed by atoms with E-state index in [-0.39, 0.29) is 17.0 Å². The van der Waals surface area contributed by atoms with Gasteiger partial charge in [0.2, 0.25) is 11.8 Å². The molecule has 0 spiro atoms. The molecule has 1 atom stereocenters. The van der Waals surface area contributed by atoms with Crippen LogP contribution >= 0.6 is 23.2 Å². The van der Waals surface area contributed by atoms with Gasteiger partial charge in [0, 0.05) is 11.3 Å². The molecule has 3 amide bonds. The second-order valence-electron chi connectivity index (χ2n) is 7.09. The van der Waals surface area contributed by atoms with Crippen LogP contribution in [0, 0.1) is 5.82 Å². The highest BCUT2D eigenvalue weighted by molar-refractivity contribution is 6.42. The molecule has 32 heavy (non-hydrogen) atoms. The lowest BCUT2D eigenvalue weighted by molar-refractivity contribution is -0.122. The van der Waals surface area contributed by atoms with Crippen LogP contribution in [0.3, 0.4) is 0 Å². The van der Waals surface area contributed by atoms with Gasteiger partial charge in [-0.25, -0.2) is 4.39 Å². The van der Waals surface area contributed by atoms with E-state index in [2.05, 4.69) is 10.6 Å². The summed E-state index contributed by atoms with van der Waals surface area (Å²) in [5.74, 6) is -2.03. The Morgan fingerprint density at radius 1 is 1.00 bits per heavy atom. The Hall–Kier alpha value is -3.42. The van der Waals surface area contributed by atoms with Crippen LogP contribution in [0.15, 0.2) is 66.7 Å². The molecule has 0 aliphatic carbocycles. The molecule has 0 aromatic heterocycles. The molecule has 0 radical (unpaired) electrons. The van der Waals surface area contributed by atoms with Crippen molar-refractivity contribution >= 4 is 58.0 Å². The summed E-state index contributed by atoms with van der Waals surface area (Å²) in [6.45, 7) is 0. The zero-order chi connectivity index (χ0) is 22.8. The average Bonchev–Trinajstić information content (AvgIpc) is 2.77. The summed E-state index contributed by atoms with van der Waals surface area (Å²) < 4.78 is 13.3. The Balaban J connectivity index is 1.64. The van der Waals surface area contributed by atoms with Gasteiger partial charge in [0.05, 0.1) is 27.8 Å². The molecule has 9 heteroatoms. The van der Waals surface area contributed by atoms with E-state index < -0.39 is 29.6 Å². The van der Waals surface area contributed by atoms with E-state index in [9.17, 15) is 18.8 Å². The topological polar surface area (TPSA) is 78.5 Å². The summed E-state index contributed by atoms with van der Waals surface area (Å²) in [6.07, 6.45) is -0.312. The van der Waals surface area contributed by atoms with E-state index in [1.807, 2.05) is 0 Å². The Kier molecular flexibility index (Phi) is 6.12. The smallest absolute Gasteiger partial charge is 0.259 e. The highest BCUT2D eigenvalue weighted by Crippen LogP contribution is 2.34. The van der Waals surface area contributed by atoms with Gasteiger partial charge >= 0.3 is 0 Å². The third kappa shape index (κ3) is 4.44. The Morgan fingerprint density at radius 3 is 2.44 bits per heavy atom. The van der Waals surface area contributed by atoms with Crippen molar-refractivity contribution in [1.29, 1.82) is 0 Å². The van der Waals surface area contributed by atoms with Gasteiger partial charge in [0.1, 0.15) is 11.9 Å². The summed E-state index contributed by atoms with van der Waals surface area (Å²) in [6, 6.07) is 15.2. The predicted molar refractivity (Wildman–Crippen MR) is 122 cm³/mol. The van der Waals surface area contributed by atoms with Gasteiger partial charge < -0.3 is 10.6 Å². The minimum atomic E-state index is -1.12. The third-order valence-corrected chi connectivity index (χ3v) is 5.67. The Labute approximate surface area is 192 Å². The maximum absolute atomic E-state index is 13.3. The molecule has 0 bridgehead atoms. The molecule has 3 aromatic rings. The number of fused-ring (bicyclic) bond motifs is 1. The first kappa shape index (κ1) is 21.8. The molecule has 4 rings (SSSR count). The number of nitrogens with one attached hydrogen (secondary N) is 2. The molecule has 1 aliphatic rings. The van der Waals surface area contributed by atoms with Crippen LogP contribution in [0.5, 0.6) is 0 Å². The zero-order valence-corrected chi connectivity index (χ0v) is 18.0. The average molecular weight is 472 g/mol. The fourth-order valence-corrected chi connectivity index (χ4v) is 3.72. The maximum Gasteiger partial charge on any atom is 0.259 e. The first-order chi connectivity index (χ1) is 15.3. The number of rotatable bonds is 4. The van der Waals surface area contributed by atoms with Crippen LogP contribution in [0.25, 0.3) is 0 Å². The lowest BCUT2D eigenvalue weighted by atomic mass is 10.0. The van der Waals surface area contributed by atoms with Crippen LogP contribution in [-0.2, 0) is 9.59 Å². The lowest BCUT2D eigenvalue weighted by Gasteiger charge is -2.36. The van der Waals surface area contributed by atoms with E-state index in [4.69, 9.17) is 23.2 Å². The lowest BCUT2D eigenvalue weighted by Crippen LogP contribution is -2.52. The van der Waals surface area contributed by atoms with E-state index in [0.29, 0.717) is 22.1 Å². The highest BCUT2D eigenvalue weighted by atomic mass is 35.5. The van der Waals surface area contributed by atoms with Crippen LogP contribution < -0.4 is 15.5 Å². The first-order valence-electron chi connectivity index (χ1n) is 9.57. The van der Waals surface area contributed by atoms with Crippen LogP contribution in [0.4, 0.5) is 21.5 Å². The quantitative estimate of drug-likeness (QED) is 0.553. The number of amides is 3. The Bertz CT molecular complexity index is 1220. The van der Waals surface area contributed by atoms with E-state index in [1.165, 1.54) is 29.2 Å². The molecule has 6 nitrogen and oxygen atoms in total. The molecule has 3 aromatic carbocycles. The second kappa shape index (κ2) is 8.98. The normalized spacial score (nSPS) is 15.0. The van der Waals surface area contributed by atoms with E-state index >= 15 is 0 Å². The summed E-state index contributed by atoms with van der Waals surface area (Å²) >= 11 is 11.9. The second-order valence-corrected chi connectivity index (χ2v) is 7.90. The third-order valence-electron chi connectivity index (χ3n) is 4.93. The molecule has 1 aliphatic heterocycles. The maximum atomic E-state index is 13.3. The molecule has 2 N–H and O–H groups in total. The molecule has 0 unspecified atom stereocenters. The Morgan fingerprint density at radius 2 is 1.72 bits per heavy atom. The number of halogens is 3. The monoisotopic (exact) mass is 471 g/mol. The van der Waals surface area contributed by atoms with Crippen molar-refractivity contribution in [3.8, 4) is 0 Å². The van der Waals surface area contributed by atoms with Gasteiger partial charge in [-0.1, -0.05) is 35.3 Å². The van der Waals surface area contributed by atoms with E-state index in [1.54, 1.807) is 30.3 Å². The van der Waals surface area contributed by atoms with Gasteiger partial charge in [0.15, 0.2) is 0 Å². The van der Waals surface area contributed by atoms with Crippen molar-refractivity contribution in [3.63, 3.8) is 0 Å². The van der Waals surface area contributed by atoms with Gasteiger partial charge in [-0.3, -0.25) is 19.3 Å². The van der Waals surface area contributed by atoms with Gasteiger partial charge in [-0.2, -0.15) is 0 Å². The summed E-state index contributed by atoms with van der Waals surface area (Å²) in [5, 5.41) is 5.99. The summed E-state index contributed by atoms with van der Waals surface area (Å²) in [5.41, 5.74) is 1.46. The van der Waals surface area contributed by atoms with Crippen molar-refractivity contribution in [2.75, 3.05) is 15.5 Å². The first-order valence-corrected chi connectivity index (χ1v) is 10.3. The summed E-state index contributed by atoms with van der Waals surface area (Å²) in [4.78, 5) is 40.2. The van der Waals surface area contributed by atoms with Crippen molar-refractivity contribution < 1.29 is 18.8 Å². The van der Waals surface area contributed by atoms with Crippen LogP contribution in [0.2, 0.25) is 10.0 Å². The number of hydrogen-bond donors (Lipinski definition) is 2. The number of hydrogen-bond acceptors (Lipinski definition) is 3. The SMILES string of the molecule is O=C(C[C@H]1C(=O)Nc2ccccc2N1C(=O)c1ccc(F)cc1)Nc1ccc(Cl)c(Cl)c1. The molecule has 1 heterocycles. The molecule has 0 saturated heterocycles. The number of carbonyl (C=O) groups excluding carboxylic acids is 3. The fraction of sp³-hybridized carbons (Fsp3) is 0.0870. The molecule has 0 fully saturated rings. The zero-order valence-electron chi connectivity index (χ0n) is 16.4. The van der Waals surface area contributed by atoms with E-state index in [0.717, 1.165) is 12.1 Å². The van der Waals surface area contributed by atoms with Crippen LogP contribution in [0.1, 0.15) is 16.8 Å². The van der Waals surface area contributed by atoms with Crippen molar-refractivity contribution in [2.45, 2.75) is 12.5 Å². The molecular weight excluding hydrogens is 456 g/mol. The minimum absolute atomic E-state index is 0.186. The number of carbonyl (C=O) groups is 3. The number of benzene rings is 3. The molecular formula is C23H16Cl2FN3O3. The number of anilines is 3. The van der Waals surface area contributed by atoms with Crippen LogP contribution in [-0.4, -0.2) is 23.8 Å². The molecule has 0 saturated carbocycles. The summed E-state index contributed by atoms with van der Waals surface area (Å²) in [7, 11) is 0. The minimum Gasteiger partial charge on any atom is -0.326 e. The van der Waals surface area contributed by atoms with Gasteiger partial charge in [-0.05, 0) is 54.6 Å². The number of nitrogens with zero attached hydrogens (tertiary/aromatic N) is 1. The number of para-hydroxylation sites is 2. The van der Waals surface area contributed by atoms with Crippen molar-refractivity contribution in [1.82, 2.24) is 0 Å². The largest absolute Gasteiger partial charge is 0.326 e. The highest BCUT2D eigenvalue weighted by Gasteiger charge is 2.38. The van der Waals surface area contributed by atoms with Crippen molar-refractivity contribution in [3.05, 3.63) is 88.2 Å². The fourth-order valence-electron chi connectivity index (χ4n) is 3.42. The molecule has 162 valence electrons. The standard InChI is InChI=1S/C23H16Cl2FN3O3/c24-16-10-9-15(11-17(16)25)27-21(30)12-20-22(31)28-18-3-1-2-4-19(18)29(20)23(32)13-5-7-14(26)8-6-13/h1-11,20H,12H2,(H,27,30)(H,28,31)/t20-/m0/s1. The van der Waals surface area contributed by atoms with Crippen molar-refractivity contribution in [2.24, 2.45) is 0 Å².